The molecule has 1 aromatic carbocycles. The molecule has 1 aliphatic carbocycles. The molecule has 0 radical (unpaired) electrons. The lowest BCUT2D eigenvalue weighted by Gasteiger charge is -2.31. The Hall–Kier alpha value is -2.50. The Morgan fingerprint density at radius 2 is 1.74 bits per heavy atom. The van der Waals surface area contributed by atoms with Crippen LogP contribution in [0.5, 0.6) is 5.75 Å². The van der Waals surface area contributed by atoms with Crippen molar-refractivity contribution < 1.29 is 22.5 Å². The maximum Gasteiger partial charge on any atom is 0.316 e. The average Bonchev–Trinajstić information content (AvgIpc) is 3.38. The Balaban J connectivity index is 1.22. The summed E-state index contributed by atoms with van der Waals surface area (Å²) in [5.74, 6) is 1.12. The van der Waals surface area contributed by atoms with E-state index in [1.54, 1.807) is 38.0 Å². The quantitative estimate of drug-likeness (QED) is 0.447. The van der Waals surface area contributed by atoms with Crippen LogP contribution in [0.1, 0.15) is 72.6 Å². The van der Waals surface area contributed by atoms with Crippen molar-refractivity contribution in [1.29, 1.82) is 0 Å². The summed E-state index contributed by atoms with van der Waals surface area (Å²) in [6, 6.07) is 3.34. The van der Waals surface area contributed by atoms with E-state index in [2.05, 4.69) is 15.0 Å². The van der Waals surface area contributed by atoms with Crippen LogP contribution in [-0.4, -0.2) is 84.4 Å². The lowest BCUT2D eigenvalue weighted by Crippen LogP contribution is -2.39. The standard InChI is InChI=1S/C27H39N5O5S/c1-19-16-23(36-3)17-20(2)25(19)38(34,35)32(22-6-7-22)18-24-28-26(37-29-24)27(33)31-14-9-21(10-15-31)8-13-30-11-4-5-12-30/h16-17,21-22H,4-15,18H2,1-3H3. The lowest BCUT2D eigenvalue weighted by molar-refractivity contribution is 0.0632. The number of amides is 1. The predicted octanol–water partition coefficient (Wildman–Crippen LogP) is 3.39. The highest BCUT2D eigenvalue weighted by atomic mass is 32.2. The molecule has 2 aromatic rings. The van der Waals surface area contributed by atoms with Crippen molar-refractivity contribution in [1.82, 2.24) is 24.2 Å². The van der Waals surface area contributed by atoms with Gasteiger partial charge in [-0.1, -0.05) is 5.16 Å². The number of aromatic nitrogens is 2. The molecular weight excluding hydrogens is 506 g/mol. The highest BCUT2D eigenvalue weighted by Crippen LogP contribution is 2.36. The van der Waals surface area contributed by atoms with E-state index in [9.17, 15) is 13.2 Å². The van der Waals surface area contributed by atoms with Gasteiger partial charge in [0.25, 0.3) is 0 Å². The highest BCUT2D eigenvalue weighted by molar-refractivity contribution is 7.89. The molecule has 0 N–H and O–H groups in total. The number of carbonyl (C=O) groups excluding carboxylic acids is 1. The van der Waals surface area contributed by atoms with Crippen LogP contribution in [0, 0.1) is 19.8 Å². The Kier molecular flexibility index (Phi) is 8.06. The molecule has 5 rings (SSSR count). The zero-order valence-corrected chi connectivity index (χ0v) is 23.5. The molecule has 11 heteroatoms. The van der Waals surface area contributed by atoms with Crippen molar-refractivity contribution in [3.63, 3.8) is 0 Å². The highest BCUT2D eigenvalue weighted by Gasteiger charge is 2.40. The summed E-state index contributed by atoms with van der Waals surface area (Å²) in [4.78, 5) is 22.0. The zero-order valence-electron chi connectivity index (χ0n) is 22.7. The fourth-order valence-electron chi connectivity index (χ4n) is 5.80. The number of ether oxygens (including phenoxy) is 1. The second kappa shape index (κ2) is 11.3. The molecule has 3 heterocycles. The first-order valence-corrected chi connectivity index (χ1v) is 15.2. The molecule has 3 aliphatic rings. The molecule has 10 nitrogen and oxygen atoms in total. The molecule has 208 valence electrons. The number of sulfonamides is 1. The molecule has 1 saturated carbocycles. The fraction of sp³-hybridized carbons (Fsp3) is 0.667. The molecule has 0 atom stereocenters. The summed E-state index contributed by atoms with van der Waals surface area (Å²) in [7, 11) is -2.25. The second-order valence-corrected chi connectivity index (χ2v) is 12.8. The van der Waals surface area contributed by atoms with Crippen molar-refractivity contribution >= 4 is 15.9 Å². The monoisotopic (exact) mass is 545 g/mol. The maximum atomic E-state index is 13.7. The number of piperidine rings is 1. The van der Waals surface area contributed by atoms with Crippen LogP contribution < -0.4 is 4.74 Å². The first-order valence-electron chi connectivity index (χ1n) is 13.8. The van der Waals surface area contributed by atoms with Gasteiger partial charge in [0.1, 0.15) is 5.75 Å². The van der Waals surface area contributed by atoms with Gasteiger partial charge >= 0.3 is 11.8 Å². The van der Waals surface area contributed by atoms with Gasteiger partial charge in [-0.25, -0.2) is 8.42 Å². The van der Waals surface area contributed by atoms with Crippen molar-refractivity contribution in [3.8, 4) is 5.75 Å². The van der Waals surface area contributed by atoms with Gasteiger partial charge in [0.05, 0.1) is 18.6 Å². The number of rotatable bonds is 10. The summed E-state index contributed by atoms with van der Waals surface area (Å²) < 4.78 is 39.5. The Morgan fingerprint density at radius 1 is 1.08 bits per heavy atom. The molecule has 1 aromatic heterocycles. The van der Waals surface area contributed by atoms with Gasteiger partial charge < -0.3 is 19.1 Å². The Morgan fingerprint density at radius 3 is 2.34 bits per heavy atom. The van der Waals surface area contributed by atoms with Gasteiger partial charge in [-0.2, -0.15) is 9.29 Å². The maximum absolute atomic E-state index is 13.7. The van der Waals surface area contributed by atoms with E-state index in [4.69, 9.17) is 9.26 Å². The van der Waals surface area contributed by atoms with Crippen molar-refractivity contribution in [2.45, 2.75) is 76.3 Å². The van der Waals surface area contributed by atoms with Crippen molar-refractivity contribution in [2.75, 3.05) is 39.8 Å². The number of likely N-dealkylation sites (tertiary alicyclic amines) is 2. The SMILES string of the molecule is COc1cc(C)c(S(=O)(=O)N(Cc2noc(C(=O)N3CCC(CCN4CCCC4)CC3)n2)C2CC2)c(C)c1. The summed E-state index contributed by atoms with van der Waals surface area (Å²) >= 11 is 0. The van der Waals surface area contributed by atoms with Crippen LogP contribution in [0.3, 0.4) is 0 Å². The zero-order chi connectivity index (χ0) is 26.9. The summed E-state index contributed by atoms with van der Waals surface area (Å²) in [6.45, 7) is 8.46. The van der Waals surface area contributed by atoms with E-state index in [0.29, 0.717) is 35.9 Å². The minimum Gasteiger partial charge on any atom is -0.497 e. The number of benzene rings is 1. The summed E-state index contributed by atoms with van der Waals surface area (Å²) in [5, 5.41) is 3.98. The van der Waals surface area contributed by atoms with Gasteiger partial charge in [-0.05, 0) is 108 Å². The van der Waals surface area contributed by atoms with Crippen molar-refractivity contribution in [3.05, 3.63) is 35.0 Å². The number of hydrogen-bond donors (Lipinski definition) is 0. The topological polar surface area (TPSA) is 109 Å². The third kappa shape index (κ3) is 5.89. The Bertz CT molecular complexity index is 1220. The fourth-order valence-corrected chi connectivity index (χ4v) is 7.86. The minimum absolute atomic E-state index is 0.0345. The van der Waals surface area contributed by atoms with Crippen LogP contribution in [0.25, 0.3) is 0 Å². The summed E-state index contributed by atoms with van der Waals surface area (Å²) in [5.41, 5.74) is 1.25. The first-order chi connectivity index (χ1) is 18.3. The molecule has 0 unspecified atom stereocenters. The molecule has 0 bridgehead atoms. The molecule has 38 heavy (non-hydrogen) atoms. The predicted molar refractivity (Wildman–Crippen MR) is 141 cm³/mol. The van der Waals surface area contributed by atoms with E-state index >= 15 is 0 Å². The van der Waals surface area contributed by atoms with Crippen LogP contribution in [0.2, 0.25) is 0 Å². The molecule has 2 aliphatic heterocycles. The number of carbonyl (C=O) groups is 1. The van der Waals surface area contributed by atoms with Crippen molar-refractivity contribution in [2.24, 2.45) is 5.92 Å². The van der Waals surface area contributed by atoms with Crippen LogP contribution in [0.4, 0.5) is 0 Å². The molecule has 1 amide bonds. The molecule has 3 fully saturated rings. The lowest BCUT2D eigenvalue weighted by atomic mass is 9.93. The van der Waals surface area contributed by atoms with E-state index in [1.165, 1.54) is 36.7 Å². The second-order valence-electron chi connectivity index (χ2n) is 11.0. The number of nitrogens with zero attached hydrogens (tertiary/aromatic N) is 5. The minimum atomic E-state index is -3.81. The Labute approximate surface area is 225 Å². The van der Waals surface area contributed by atoms with Crippen LogP contribution >= 0.6 is 0 Å². The van der Waals surface area contributed by atoms with Gasteiger partial charge in [0.2, 0.25) is 10.0 Å². The van der Waals surface area contributed by atoms with Gasteiger partial charge in [-0.3, -0.25) is 4.79 Å². The molecular formula is C27H39N5O5S. The number of methoxy groups -OCH3 is 1. The van der Waals surface area contributed by atoms with Gasteiger partial charge in [0, 0.05) is 19.1 Å². The summed E-state index contributed by atoms with van der Waals surface area (Å²) in [6.07, 6.45) is 7.33. The first kappa shape index (κ1) is 27.1. The molecule has 0 spiro atoms. The van der Waals surface area contributed by atoms with E-state index in [0.717, 1.165) is 32.2 Å². The third-order valence-corrected chi connectivity index (χ3v) is 10.3. The normalized spacial score (nSPS) is 19.4. The largest absolute Gasteiger partial charge is 0.497 e. The van der Waals surface area contributed by atoms with Crippen LogP contribution in [-0.2, 0) is 16.6 Å². The van der Waals surface area contributed by atoms with E-state index < -0.39 is 10.0 Å². The third-order valence-electron chi connectivity index (χ3n) is 8.09. The molecule has 2 saturated heterocycles. The average molecular weight is 546 g/mol. The van der Waals surface area contributed by atoms with Crippen LogP contribution in [0.15, 0.2) is 21.6 Å². The smallest absolute Gasteiger partial charge is 0.316 e. The van der Waals surface area contributed by atoms with E-state index in [1.807, 2.05) is 0 Å². The van der Waals surface area contributed by atoms with E-state index in [-0.39, 0.29) is 35.1 Å². The number of hydrogen-bond acceptors (Lipinski definition) is 8. The van der Waals surface area contributed by atoms with Gasteiger partial charge in [0.15, 0.2) is 5.82 Å². The number of aryl methyl sites for hydroxylation is 2. The van der Waals surface area contributed by atoms with Gasteiger partial charge in [-0.15, -0.1) is 0 Å².